The quantitative estimate of drug-likeness (QED) is 0.872. The molecular weight excluding hydrogens is 288 g/mol. The average molecular weight is 302 g/mol. The molecule has 2 nitrogen and oxygen atoms in total. The third-order valence-electron chi connectivity index (χ3n) is 2.83. The molecule has 0 saturated heterocycles. The Hall–Kier alpha value is -1.03. The van der Waals surface area contributed by atoms with Crippen LogP contribution in [0.4, 0.5) is 4.39 Å². The highest BCUT2D eigenvalue weighted by Crippen LogP contribution is 2.26. The van der Waals surface area contributed by atoms with Crippen molar-refractivity contribution in [3.8, 4) is 0 Å². The van der Waals surface area contributed by atoms with E-state index >= 15 is 0 Å². The number of furan rings is 1. The Morgan fingerprint density at radius 3 is 2.63 bits per heavy atom. The Morgan fingerprint density at radius 1 is 1.26 bits per heavy atom. The summed E-state index contributed by atoms with van der Waals surface area (Å²) in [4.78, 5) is 0. The summed E-state index contributed by atoms with van der Waals surface area (Å²) in [6.45, 7) is 2.78. The fourth-order valence-electron chi connectivity index (χ4n) is 1.94. The van der Waals surface area contributed by atoms with Crippen molar-refractivity contribution in [3.05, 3.63) is 57.7 Å². The normalized spacial score (nSPS) is 12.6. The number of rotatable bonds is 5. The first-order chi connectivity index (χ1) is 9.10. The summed E-state index contributed by atoms with van der Waals surface area (Å²) in [5, 5.41) is 4.07. The van der Waals surface area contributed by atoms with E-state index in [0.29, 0.717) is 16.7 Å². The van der Waals surface area contributed by atoms with Crippen LogP contribution in [-0.4, -0.2) is 6.54 Å². The van der Waals surface area contributed by atoms with Crippen LogP contribution in [-0.2, 0) is 6.42 Å². The van der Waals surface area contributed by atoms with Crippen LogP contribution in [0.3, 0.4) is 0 Å². The summed E-state index contributed by atoms with van der Waals surface area (Å²) >= 11 is 11.8. The highest BCUT2D eigenvalue weighted by Gasteiger charge is 2.16. The number of nitrogens with one attached hydrogen (secondary N) is 1. The van der Waals surface area contributed by atoms with Gasteiger partial charge in [-0.15, -0.1) is 0 Å². The first kappa shape index (κ1) is 14.4. The van der Waals surface area contributed by atoms with E-state index in [1.807, 2.05) is 13.0 Å². The molecule has 0 fully saturated rings. The van der Waals surface area contributed by atoms with Crippen molar-refractivity contribution in [1.29, 1.82) is 0 Å². The second-order valence-electron chi connectivity index (χ2n) is 4.19. The Balaban J connectivity index is 2.21. The summed E-state index contributed by atoms with van der Waals surface area (Å²) in [6, 6.07) is 7.89. The predicted octanol–water partition coefficient (Wildman–Crippen LogP) is 4.62. The van der Waals surface area contributed by atoms with E-state index in [9.17, 15) is 4.39 Å². The first-order valence-electron chi connectivity index (χ1n) is 6.02. The monoisotopic (exact) mass is 301 g/mol. The maximum atomic E-state index is 13.0. The van der Waals surface area contributed by atoms with E-state index in [4.69, 9.17) is 27.6 Å². The van der Waals surface area contributed by atoms with Gasteiger partial charge in [0.1, 0.15) is 11.6 Å². The lowest BCUT2D eigenvalue weighted by Crippen LogP contribution is -2.22. The first-order valence-corrected chi connectivity index (χ1v) is 6.78. The minimum atomic E-state index is -0.338. The molecule has 0 spiro atoms. The van der Waals surface area contributed by atoms with Gasteiger partial charge < -0.3 is 9.73 Å². The lowest BCUT2D eigenvalue weighted by atomic mass is 10.0. The van der Waals surface area contributed by atoms with E-state index in [-0.39, 0.29) is 11.9 Å². The minimum absolute atomic E-state index is 0.0412. The van der Waals surface area contributed by atoms with Gasteiger partial charge in [0.25, 0.3) is 0 Å². The molecule has 0 aliphatic rings. The molecule has 5 heteroatoms. The molecule has 0 aliphatic heterocycles. The van der Waals surface area contributed by atoms with Crippen LogP contribution in [0.25, 0.3) is 0 Å². The van der Waals surface area contributed by atoms with E-state index in [2.05, 4.69) is 5.32 Å². The zero-order valence-corrected chi connectivity index (χ0v) is 11.9. The minimum Gasteiger partial charge on any atom is -0.448 e. The topological polar surface area (TPSA) is 25.2 Å². The summed E-state index contributed by atoms with van der Waals surface area (Å²) in [6.07, 6.45) is 0.608. The second-order valence-corrected chi connectivity index (χ2v) is 4.97. The average Bonchev–Trinajstić information content (AvgIpc) is 2.78. The van der Waals surface area contributed by atoms with Gasteiger partial charge in [-0.3, -0.25) is 0 Å². The zero-order valence-electron chi connectivity index (χ0n) is 10.4. The van der Waals surface area contributed by atoms with Crippen molar-refractivity contribution < 1.29 is 8.81 Å². The highest BCUT2D eigenvalue weighted by molar-refractivity contribution is 6.31. The fourth-order valence-corrected chi connectivity index (χ4v) is 2.34. The van der Waals surface area contributed by atoms with Crippen LogP contribution in [0.1, 0.15) is 24.3 Å². The van der Waals surface area contributed by atoms with Crippen molar-refractivity contribution in [1.82, 2.24) is 5.32 Å². The van der Waals surface area contributed by atoms with Crippen LogP contribution < -0.4 is 5.32 Å². The molecule has 0 amide bonds. The summed E-state index contributed by atoms with van der Waals surface area (Å²) in [5.41, 5.74) is 0.863. The van der Waals surface area contributed by atoms with Gasteiger partial charge in [0.2, 0.25) is 0 Å². The Morgan fingerprint density at radius 2 is 2.05 bits per heavy atom. The largest absolute Gasteiger partial charge is 0.448 e. The Kier molecular flexibility index (Phi) is 4.86. The van der Waals surface area contributed by atoms with Crippen molar-refractivity contribution in [3.63, 3.8) is 0 Å². The standard InChI is InChI=1S/C14H14Cl2FNO/c1-2-18-12(13-5-6-14(16)19-13)7-9-3-4-10(17)8-11(9)15/h3-6,8,12,18H,2,7H2,1H3. The van der Waals surface area contributed by atoms with Crippen LogP contribution >= 0.6 is 23.2 Å². The fraction of sp³-hybridized carbons (Fsp3) is 0.286. The van der Waals surface area contributed by atoms with E-state index in [1.165, 1.54) is 12.1 Å². The molecule has 0 radical (unpaired) electrons. The van der Waals surface area contributed by atoms with Gasteiger partial charge in [0.05, 0.1) is 6.04 Å². The molecule has 0 bridgehead atoms. The number of hydrogen-bond donors (Lipinski definition) is 1. The molecule has 2 rings (SSSR count). The molecule has 19 heavy (non-hydrogen) atoms. The summed E-state index contributed by atoms with van der Waals surface area (Å²) in [5.74, 6) is 0.405. The molecule has 0 aliphatic carbocycles. The van der Waals surface area contributed by atoms with Crippen LogP contribution in [0, 0.1) is 5.82 Å². The molecule has 1 aromatic carbocycles. The smallest absolute Gasteiger partial charge is 0.193 e. The maximum absolute atomic E-state index is 13.0. The maximum Gasteiger partial charge on any atom is 0.193 e. The van der Waals surface area contributed by atoms with E-state index < -0.39 is 0 Å². The van der Waals surface area contributed by atoms with E-state index in [0.717, 1.165) is 17.9 Å². The Labute approximate surface area is 121 Å². The van der Waals surface area contributed by atoms with Crippen LogP contribution in [0.15, 0.2) is 34.7 Å². The lowest BCUT2D eigenvalue weighted by Gasteiger charge is -2.16. The molecule has 1 aromatic heterocycles. The van der Waals surface area contributed by atoms with Crippen molar-refractivity contribution in [2.45, 2.75) is 19.4 Å². The van der Waals surface area contributed by atoms with Crippen LogP contribution in [0.5, 0.6) is 0 Å². The van der Waals surface area contributed by atoms with Crippen molar-refractivity contribution >= 4 is 23.2 Å². The van der Waals surface area contributed by atoms with Gasteiger partial charge in [-0.25, -0.2) is 4.39 Å². The molecule has 2 aromatic rings. The lowest BCUT2D eigenvalue weighted by molar-refractivity contribution is 0.417. The zero-order chi connectivity index (χ0) is 13.8. The predicted molar refractivity (Wildman–Crippen MR) is 75.2 cm³/mol. The molecule has 0 saturated carbocycles. The SMILES string of the molecule is CCNC(Cc1ccc(F)cc1Cl)c1ccc(Cl)o1. The molecule has 1 atom stereocenters. The van der Waals surface area contributed by atoms with E-state index in [1.54, 1.807) is 12.1 Å². The molecule has 1 heterocycles. The van der Waals surface area contributed by atoms with Gasteiger partial charge in [-0.1, -0.05) is 24.6 Å². The van der Waals surface area contributed by atoms with Gasteiger partial charge in [-0.2, -0.15) is 0 Å². The molecule has 1 N–H and O–H groups in total. The second kappa shape index (κ2) is 6.42. The highest BCUT2D eigenvalue weighted by atomic mass is 35.5. The molecule has 1 unspecified atom stereocenters. The third kappa shape index (κ3) is 3.72. The van der Waals surface area contributed by atoms with Gasteiger partial charge in [0.15, 0.2) is 5.22 Å². The third-order valence-corrected chi connectivity index (χ3v) is 3.38. The molecule has 102 valence electrons. The number of halogens is 3. The van der Waals surface area contributed by atoms with Gasteiger partial charge >= 0.3 is 0 Å². The molecular formula is C14H14Cl2FNO. The van der Waals surface area contributed by atoms with Gasteiger partial charge in [-0.05, 0) is 54.4 Å². The summed E-state index contributed by atoms with van der Waals surface area (Å²) < 4.78 is 18.4. The van der Waals surface area contributed by atoms with Crippen LogP contribution in [0.2, 0.25) is 10.2 Å². The number of benzene rings is 1. The van der Waals surface area contributed by atoms with Gasteiger partial charge in [0, 0.05) is 5.02 Å². The number of hydrogen-bond acceptors (Lipinski definition) is 2. The Bertz CT molecular complexity index is 556. The summed E-state index contributed by atoms with van der Waals surface area (Å²) in [7, 11) is 0. The van der Waals surface area contributed by atoms with Crippen molar-refractivity contribution in [2.75, 3.05) is 6.54 Å². The van der Waals surface area contributed by atoms with Crippen molar-refractivity contribution in [2.24, 2.45) is 0 Å². The number of likely N-dealkylation sites (N-methyl/N-ethyl adjacent to an activating group) is 1.